The summed E-state index contributed by atoms with van der Waals surface area (Å²) in [7, 11) is -3.50. The van der Waals surface area contributed by atoms with Gasteiger partial charge in [-0.3, -0.25) is 0 Å². The highest BCUT2D eigenvalue weighted by molar-refractivity contribution is 7.58. The van der Waals surface area contributed by atoms with Gasteiger partial charge < -0.3 is 0 Å². The van der Waals surface area contributed by atoms with Gasteiger partial charge in [0.25, 0.3) is 0 Å². The molecule has 4 heteroatoms. The Hall–Kier alpha value is 0.0500. The van der Waals surface area contributed by atoms with Gasteiger partial charge in [-0.1, -0.05) is 6.08 Å². The summed E-state index contributed by atoms with van der Waals surface area (Å²) < 4.78 is 0. The van der Waals surface area contributed by atoms with Crippen LogP contribution in [0.15, 0.2) is 12.7 Å². The zero-order chi connectivity index (χ0) is 6.62. The number of allylic oxidation sites excluding steroid dienone is 1. The first kappa shape index (κ1) is 8.05. The van der Waals surface area contributed by atoms with E-state index in [1.54, 1.807) is 0 Å². The molecule has 0 rings (SSSR count). The van der Waals surface area contributed by atoms with Gasteiger partial charge in [0.2, 0.25) is 0 Å². The van der Waals surface area contributed by atoms with E-state index in [1.807, 2.05) is 0 Å². The molecule has 0 aromatic rings. The largest absolute Gasteiger partial charge is 0.403 e. The molecule has 0 saturated carbocycles. The molecular weight excluding hydrogens is 127 g/mol. The van der Waals surface area contributed by atoms with E-state index in [2.05, 4.69) is 6.58 Å². The Morgan fingerprint density at radius 2 is 1.88 bits per heavy atom. The summed E-state index contributed by atoms with van der Waals surface area (Å²) in [6.07, 6.45) is 1.99. The molecule has 0 aliphatic rings. The minimum Gasteiger partial charge on any atom is -0.193 e. The van der Waals surface area contributed by atoms with Gasteiger partial charge in [0.15, 0.2) is 0 Å². The summed E-state index contributed by atoms with van der Waals surface area (Å²) in [5.74, 6) is 0. The van der Waals surface area contributed by atoms with Crippen LogP contribution in [0.25, 0.3) is 0 Å². The van der Waals surface area contributed by atoms with Crippen LogP contribution >= 0.6 is 7.94 Å². The van der Waals surface area contributed by atoms with Crippen LogP contribution in [0.1, 0.15) is 6.42 Å². The molecule has 0 bridgehead atoms. The summed E-state index contributed by atoms with van der Waals surface area (Å²) in [6, 6.07) is 0. The van der Waals surface area contributed by atoms with Crippen molar-refractivity contribution in [2.45, 2.75) is 6.42 Å². The van der Waals surface area contributed by atoms with E-state index in [1.165, 1.54) is 6.08 Å². The molecule has 0 radical (unpaired) electrons. The highest BCUT2D eigenvalue weighted by Crippen LogP contribution is 2.44. The fraction of sp³-hybridized carbons (Fsp3) is 0.500. The topological polar surface area (TPSA) is 60.7 Å². The van der Waals surface area contributed by atoms with Crippen molar-refractivity contribution in [3.8, 4) is 0 Å². The maximum absolute atomic E-state index is 8.32. The molecular formula is C4H10O3P+. The van der Waals surface area contributed by atoms with E-state index in [0.717, 1.165) is 0 Å². The van der Waals surface area contributed by atoms with Crippen molar-refractivity contribution in [2.24, 2.45) is 0 Å². The zero-order valence-corrected chi connectivity index (χ0v) is 5.38. The van der Waals surface area contributed by atoms with Gasteiger partial charge >= 0.3 is 7.94 Å². The second-order valence-electron chi connectivity index (χ2n) is 1.49. The maximum Gasteiger partial charge on any atom is 0.403 e. The third-order valence-electron chi connectivity index (χ3n) is 0.633. The Kier molecular flexibility index (Phi) is 3.17. The van der Waals surface area contributed by atoms with E-state index in [9.17, 15) is 0 Å². The molecule has 3 nitrogen and oxygen atoms in total. The summed E-state index contributed by atoms with van der Waals surface area (Å²) >= 11 is 0. The van der Waals surface area contributed by atoms with Crippen LogP contribution in [0.4, 0.5) is 0 Å². The van der Waals surface area contributed by atoms with Gasteiger partial charge in [-0.2, -0.15) is 14.7 Å². The molecule has 0 spiro atoms. The predicted octanol–water partition coefficient (Wildman–Crippen LogP) is 0.302. The normalized spacial score (nSPS) is 11.4. The van der Waals surface area contributed by atoms with Gasteiger partial charge in [0.05, 0.1) is 0 Å². The van der Waals surface area contributed by atoms with Gasteiger partial charge in [0, 0.05) is 6.42 Å². The minimum atomic E-state index is -3.50. The minimum absolute atomic E-state index is 0.0243. The monoisotopic (exact) mass is 137 g/mol. The quantitative estimate of drug-likeness (QED) is 0.387. The van der Waals surface area contributed by atoms with Crippen molar-refractivity contribution < 1.29 is 14.7 Å². The molecule has 8 heavy (non-hydrogen) atoms. The van der Waals surface area contributed by atoms with Crippen LogP contribution in [0, 0.1) is 0 Å². The Morgan fingerprint density at radius 3 is 2.00 bits per heavy atom. The second kappa shape index (κ2) is 3.15. The van der Waals surface area contributed by atoms with Crippen molar-refractivity contribution in [1.82, 2.24) is 0 Å². The lowest BCUT2D eigenvalue weighted by molar-refractivity contribution is 0.331. The smallest absolute Gasteiger partial charge is 0.193 e. The lowest BCUT2D eigenvalue weighted by Gasteiger charge is -1.98. The SMILES string of the molecule is C=CCC[P+](O)(O)O. The molecule has 0 aromatic heterocycles. The van der Waals surface area contributed by atoms with Crippen molar-refractivity contribution in [2.75, 3.05) is 6.16 Å². The molecule has 3 N–H and O–H groups in total. The van der Waals surface area contributed by atoms with Crippen LogP contribution < -0.4 is 0 Å². The highest BCUT2D eigenvalue weighted by Gasteiger charge is 2.27. The Morgan fingerprint density at radius 1 is 1.38 bits per heavy atom. The summed E-state index contributed by atoms with van der Waals surface area (Å²) in [5.41, 5.74) is 0. The Balaban J connectivity index is 3.24. The summed E-state index contributed by atoms with van der Waals surface area (Å²) in [5, 5.41) is 0. The molecule has 0 aromatic carbocycles. The standard InChI is InChI=1S/C4H10O3P/c1-2-3-4-8(5,6)7/h2,5-7H,1,3-4H2/q+1. The van der Waals surface area contributed by atoms with E-state index in [0.29, 0.717) is 6.42 Å². The van der Waals surface area contributed by atoms with Gasteiger partial charge in [-0.25, -0.2) is 0 Å². The molecule has 48 valence electrons. The van der Waals surface area contributed by atoms with Crippen molar-refractivity contribution >= 4 is 7.94 Å². The van der Waals surface area contributed by atoms with E-state index in [-0.39, 0.29) is 6.16 Å². The van der Waals surface area contributed by atoms with Crippen molar-refractivity contribution in [1.29, 1.82) is 0 Å². The average Bonchev–Trinajstić information content (AvgIpc) is 1.59. The number of hydrogen-bond donors (Lipinski definition) is 3. The van der Waals surface area contributed by atoms with Gasteiger partial charge in [0.1, 0.15) is 6.16 Å². The first-order chi connectivity index (χ1) is 3.56. The maximum atomic E-state index is 8.32. The Bertz CT molecular complexity index is 75.8. The number of rotatable bonds is 3. The molecule has 0 amide bonds. The fourth-order valence-electron chi connectivity index (χ4n) is 0.264. The van der Waals surface area contributed by atoms with E-state index in [4.69, 9.17) is 14.7 Å². The third-order valence-corrected chi connectivity index (χ3v) is 1.49. The molecule has 0 saturated heterocycles. The lowest BCUT2D eigenvalue weighted by Crippen LogP contribution is -1.92. The second-order valence-corrected chi connectivity index (χ2v) is 3.33. The number of hydrogen-bond acceptors (Lipinski definition) is 3. The molecule has 0 heterocycles. The van der Waals surface area contributed by atoms with Crippen LogP contribution in [-0.2, 0) is 0 Å². The van der Waals surface area contributed by atoms with Crippen LogP contribution in [0.5, 0.6) is 0 Å². The van der Waals surface area contributed by atoms with Crippen molar-refractivity contribution in [3.63, 3.8) is 0 Å². The van der Waals surface area contributed by atoms with Crippen LogP contribution in [-0.4, -0.2) is 20.8 Å². The van der Waals surface area contributed by atoms with Gasteiger partial charge in [-0.05, 0) is 0 Å². The van der Waals surface area contributed by atoms with Crippen LogP contribution in [0.3, 0.4) is 0 Å². The van der Waals surface area contributed by atoms with Crippen LogP contribution in [0.2, 0.25) is 0 Å². The van der Waals surface area contributed by atoms with E-state index >= 15 is 0 Å². The first-order valence-corrected chi connectivity index (χ1v) is 4.07. The lowest BCUT2D eigenvalue weighted by atomic mass is 10.5. The highest BCUT2D eigenvalue weighted by atomic mass is 31.2. The van der Waals surface area contributed by atoms with Crippen molar-refractivity contribution in [3.05, 3.63) is 12.7 Å². The fourth-order valence-corrected chi connectivity index (χ4v) is 0.793. The molecule has 0 atom stereocenters. The molecule has 0 unspecified atom stereocenters. The average molecular weight is 137 g/mol. The van der Waals surface area contributed by atoms with Gasteiger partial charge in [-0.15, -0.1) is 6.58 Å². The Labute approximate surface area is 48.9 Å². The zero-order valence-electron chi connectivity index (χ0n) is 4.49. The molecule has 0 fully saturated rings. The predicted molar refractivity (Wildman–Crippen MR) is 33.3 cm³/mol. The summed E-state index contributed by atoms with van der Waals surface area (Å²) in [4.78, 5) is 25.0. The molecule has 0 aliphatic carbocycles. The van der Waals surface area contributed by atoms with E-state index < -0.39 is 7.94 Å². The first-order valence-electron chi connectivity index (χ1n) is 2.23. The summed E-state index contributed by atoms with van der Waals surface area (Å²) in [6.45, 7) is 3.35. The third kappa shape index (κ3) is 6.05. The molecule has 0 aliphatic heterocycles.